The lowest BCUT2D eigenvalue weighted by Gasteiger charge is -2.29. The van der Waals surface area contributed by atoms with Crippen molar-refractivity contribution in [2.75, 3.05) is 0 Å². The van der Waals surface area contributed by atoms with E-state index in [4.69, 9.17) is 4.99 Å². The van der Waals surface area contributed by atoms with Crippen molar-refractivity contribution in [2.24, 2.45) is 4.99 Å². The molecule has 1 aliphatic rings. The maximum Gasteiger partial charge on any atom is 0.110 e. The summed E-state index contributed by atoms with van der Waals surface area (Å²) in [6.45, 7) is 10.9. The van der Waals surface area contributed by atoms with Gasteiger partial charge in [-0.15, -0.1) is 0 Å². The van der Waals surface area contributed by atoms with Gasteiger partial charge in [0.25, 0.3) is 0 Å². The van der Waals surface area contributed by atoms with Gasteiger partial charge in [-0.05, 0) is 33.6 Å². The topological polar surface area (TPSA) is 24.4 Å². The Balaban J connectivity index is 2.90. The molecule has 1 aliphatic heterocycles. The molecule has 1 N–H and O–H groups in total. The SMILES string of the molecule is CCC1(CC)N=C(C)C(C)(C)N1. The van der Waals surface area contributed by atoms with E-state index in [0.717, 1.165) is 12.8 Å². The van der Waals surface area contributed by atoms with E-state index in [9.17, 15) is 0 Å². The van der Waals surface area contributed by atoms with Crippen LogP contribution >= 0.6 is 0 Å². The Labute approximate surface area is 75.5 Å². The number of nitrogens with zero attached hydrogens (tertiary/aromatic N) is 1. The minimum atomic E-state index is 0.0214. The normalized spacial score (nSPS) is 25.6. The summed E-state index contributed by atoms with van der Waals surface area (Å²) in [6, 6.07) is 0. The number of hydrogen-bond donors (Lipinski definition) is 1. The molecular weight excluding hydrogens is 148 g/mol. The highest BCUT2D eigenvalue weighted by Crippen LogP contribution is 2.28. The highest BCUT2D eigenvalue weighted by atomic mass is 15.2. The second-order valence-corrected chi connectivity index (χ2v) is 4.19. The molecule has 0 radical (unpaired) electrons. The molecule has 1 heterocycles. The molecule has 0 saturated heterocycles. The van der Waals surface area contributed by atoms with Crippen molar-refractivity contribution in [3.05, 3.63) is 0 Å². The third-order valence-corrected chi connectivity index (χ3v) is 3.00. The van der Waals surface area contributed by atoms with E-state index in [0.29, 0.717) is 0 Å². The van der Waals surface area contributed by atoms with Crippen LogP contribution in [0.2, 0.25) is 0 Å². The summed E-state index contributed by atoms with van der Waals surface area (Å²) in [5.74, 6) is 0. The van der Waals surface area contributed by atoms with Gasteiger partial charge in [-0.25, -0.2) is 0 Å². The summed E-state index contributed by atoms with van der Waals surface area (Å²) >= 11 is 0. The summed E-state index contributed by atoms with van der Waals surface area (Å²) in [5, 5.41) is 3.59. The van der Waals surface area contributed by atoms with E-state index in [-0.39, 0.29) is 11.2 Å². The average molecular weight is 168 g/mol. The lowest BCUT2D eigenvalue weighted by Crippen LogP contribution is -2.50. The van der Waals surface area contributed by atoms with Crippen LogP contribution in [0, 0.1) is 0 Å². The molecule has 0 fully saturated rings. The Morgan fingerprint density at radius 2 is 1.75 bits per heavy atom. The first kappa shape index (κ1) is 9.72. The fourth-order valence-electron chi connectivity index (χ4n) is 1.75. The van der Waals surface area contributed by atoms with Crippen molar-refractivity contribution in [2.45, 2.75) is 58.7 Å². The number of hydrogen-bond acceptors (Lipinski definition) is 2. The first-order valence-corrected chi connectivity index (χ1v) is 4.82. The van der Waals surface area contributed by atoms with E-state index >= 15 is 0 Å². The molecular formula is C10H20N2. The third-order valence-electron chi connectivity index (χ3n) is 3.00. The molecule has 0 spiro atoms. The van der Waals surface area contributed by atoms with Crippen molar-refractivity contribution in [3.8, 4) is 0 Å². The van der Waals surface area contributed by atoms with Gasteiger partial charge in [0.05, 0.1) is 5.54 Å². The summed E-state index contributed by atoms with van der Waals surface area (Å²) in [7, 11) is 0. The summed E-state index contributed by atoms with van der Waals surface area (Å²) in [5.41, 5.74) is 1.34. The molecule has 0 unspecified atom stereocenters. The fourth-order valence-corrected chi connectivity index (χ4v) is 1.75. The van der Waals surface area contributed by atoms with E-state index in [2.05, 4.69) is 39.9 Å². The molecule has 0 aromatic rings. The van der Waals surface area contributed by atoms with Gasteiger partial charge in [0, 0.05) is 5.71 Å². The van der Waals surface area contributed by atoms with Gasteiger partial charge < -0.3 is 0 Å². The molecule has 0 saturated carbocycles. The largest absolute Gasteiger partial charge is 0.283 e. The first-order chi connectivity index (χ1) is 5.46. The maximum atomic E-state index is 4.72. The predicted molar refractivity (Wildman–Crippen MR) is 53.6 cm³/mol. The van der Waals surface area contributed by atoms with E-state index in [1.165, 1.54) is 5.71 Å². The Morgan fingerprint density at radius 1 is 1.25 bits per heavy atom. The van der Waals surface area contributed by atoms with Crippen LogP contribution in [-0.2, 0) is 0 Å². The zero-order valence-corrected chi connectivity index (χ0v) is 8.86. The lowest BCUT2D eigenvalue weighted by atomic mass is 9.99. The van der Waals surface area contributed by atoms with Gasteiger partial charge in [-0.1, -0.05) is 13.8 Å². The van der Waals surface area contributed by atoms with E-state index < -0.39 is 0 Å². The Bertz CT molecular complexity index is 200. The van der Waals surface area contributed by atoms with Crippen LogP contribution in [0.25, 0.3) is 0 Å². The highest BCUT2D eigenvalue weighted by molar-refractivity contribution is 5.92. The molecule has 0 aliphatic carbocycles. The molecule has 70 valence electrons. The summed E-state index contributed by atoms with van der Waals surface area (Å²) in [6.07, 6.45) is 2.15. The van der Waals surface area contributed by atoms with Crippen LogP contribution in [0.5, 0.6) is 0 Å². The van der Waals surface area contributed by atoms with Crippen molar-refractivity contribution >= 4 is 5.71 Å². The number of rotatable bonds is 2. The van der Waals surface area contributed by atoms with Gasteiger partial charge >= 0.3 is 0 Å². The average Bonchev–Trinajstić information content (AvgIpc) is 2.24. The molecule has 0 aromatic carbocycles. The minimum absolute atomic E-state index is 0.0214. The highest BCUT2D eigenvalue weighted by Gasteiger charge is 2.39. The Kier molecular flexibility index (Phi) is 2.30. The zero-order chi connectivity index (χ0) is 9.41. The quantitative estimate of drug-likeness (QED) is 0.672. The second-order valence-electron chi connectivity index (χ2n) is 4.19. The molecule has 0 amide bonds. The smallest absolute Gasteiger partial charge is 0.110 e. The van der Waals surface area contributed by atoms with Crippen LogP contribution in [-0.4, -0.2) is 16.9 Å². The zero-order valence-electron chi connectivity index (χ0n) is 8.86. The van der Waals surface area contributed by atoms with Crippen LogP contribution in [0.1, 0.15) is 47.5 Å². The first-order valence-electron chi connectivity index (χ1n) is 4.82. The number of aliphatic imine (C=N–C) groups is 1. The number of nitrogens with one attached hydrogen (secondary N) is 1. The van der Waals surface area contributed by atoms with Gasteiger partial charge in [0.1, 0.15) is 5.66 Å². The third kappa shape index (κ3) is 1.40. The molecule has 0 bridgehead atoms. The molecule has 0 atom stereocenters. The molecule has 0 aromatic heterocycles. The van der Waals surface area contributed by atoms with Crippen LogP contribution in [0.3, 0.4) is 0 Å². The van der Waals surface area contributed by atoms with Crippen molar-refractivity contribution in [3.63, 3.8) is 0 Å². The lowest BCUT2D eigenvalue weighted by molar-refractivity contribution is 0.296. The maximum absolute atomic E-state index is 4.72. The van der Waals surface area contributed by atoms with Gasteiger partial charge in [-0.3, -0.25) is 10.3 Å². The van der Waals surface area contributed by atoms with Crippen molar-refractivity contribution in [1.29, 1.82) is 0 Å². The van der Waals surface area contributed by atoms with Gasteiger partial charge in [0.15, 0.2) is 0 Å². The van der Waals surface area contributed by atoms with Gasteiger partial charge in [0.2, 0.25) is 0 Å². The second kappa shape index (κ2) is 2.84. The standard InChI is InChI=1S/C10H20N2/c1-6-10(7-2)11-8(3)9(4,5)12-10/h12H,6-7H2,1-5H3. The summed E-state index contributed by atoms with van der Waals surface area (Å²) in [4.78, 5) is 4.72. The predicted octanol–water partition coefficient (Wildman–Crippen LogP) is 2.35. The summed E-state index contributed by atoms with van der Waals surface area (Å²) < 4.78 is 0. The Morgan fingerprint density at radius 3 is 1.92 bits per heavy atom. The van der Waals surface area contributed by atoms with Crippen molar-refractivity contribution < 1.29 is 0 Å². The van der Waals surface area contributed by atoms with Crippen molar-refractivity contribution in [1.82, 2.24) is 5.32 Å². The van der Waals surface area contributed by atoms with E-state index in [1.54, 1.807) is 0 Å². The monoisotopic (exact) mass is 168 g/mol. The van der Waals surface area contributed by atoms with Crippen LogP contribution < -0.4 is 5.32 Å². The van der Waals surface area contributed by atoms with Gasteiger partial charge in [-0.2, -0.15) is 0 Å². The fraction of sp³-hybridized carbons (Fsp3) is 0.900. The van der Waals surface area contributed by atoms with E-state index in [1.807, 2.05) is 0 Å². The molecule has 1 rings (SSSR count). The molecule has 2 nitrogen and oxygen atoms in total. The Hall–Kier alpha value is -0.370. The van der Waals surface area contributed by atoms with Crippen LogP contribution in [0.15, 0.2) is 4.99 Å². The van der Waals surface area contributed by atoms with Crippen LogP contribution in [0.4, 0.5) is 0 Å². The molecule has 12 heavy (non-hydrogen) atoms. The molecule has 2 heteroatoms. The minimum Gasteiger partial charge on any atom is -0.283 e.